The SMILES string of the molecule is CCC(=NNC(=O)c1nn(Cc2ccccc2)c(=O)c2ccccc12)c1ccccc1. The molecule has 1 amide bonds. The predicted octanol–water partition coefficient (Wildman–Crippen LogP) is 3.99. The van der Waals surface area contributed by atoms with Crippen LogP contribution in [0.15, 0.2) is 94.8 Å². The van der Waals surface area contributed by atoms with Crippen molar-refractivity contribution in [2.45, 2.75) is 19.9 Å². The first-order valence-electron chi connectivity index (χ1n) is 10.1. The molecule has 0 atom stereocenters. The summed E-state index contributed by atoms with van der Waals surface area (Å²) in [7, 11) is 0. The highest BCUT2D eigenvalue weighted by Crippen LogP contribution is 2.14. The Morgan fingerprint density at radius 3 is 2.19 bits per heavy atom. The number of aromatic nitrogens is 2. The summed E-state index contributed by atoms with van der Waals surface area (Å²) in [6, 6.07) is 26.2. The fourth-order valence-corrected chi connectivity index (χ4v) is 3.42. The molecule has 1 N–H and O–H groups in total. The lowest BCUT2D eigenvalue weighted by molar-refractivity contribution is 0.0949. The van der Waals surface area contributed by atoms with Crippen LogP contribution in [0.1, 0.15) is 35.0 Å². The molecule has 0 fully saturated rings. The fourth-order valence-electron chi connectivity index (χ4n) is 3.42. The van der Waals surface area contributed by atoms with Crippen LogP contribution < -0.4 is 11.0 Å². The zero-order valence-corrected chi connectivity index (χ0v) is 17.2. The van der Waals surface area contributed by atoms with Crippen molar-refractivity contribution in [2.75, 3.05) is 0 Å². The number of carbonyl (C=O) groups is 1. The van der Waals surface area contributed by atoms with Gasteiger partial charge in [0.15, 0.2) is 5.69 Å². The third kappa shape index (κ3) is 4.43. The van der Waals surface area contributed by atoms with Crippen LogP contribution in [-0.4, -0.2) is 21.4 Å². The minimum absolute atomic E-state index is 0.165. The van der Waals surface area contributed by atoms with Gasteiger partial charge in [-0.25, -0.2) is 10.1 Å². The molecular weight excluding hydrogens is 388 g/mol. The molecule has 0 aliphatic heterocycles. The van der Waals surface area contributed by atoms with E-state index in [4.69, 9.17) is 0 Å². The van der Waals surface area contributed by atoms with E-state index in [1.54, 1.807) is 24.3 Å². The van der Waals surface area contributed by atoms with Gasteiger partial charge in [-0.2, -0.15) is 10.2 Å². The van der Waals surface area contributed by atoms with Crippen LogP contribution in [-0.2, 0) is 6.54 Å². The number of nitrogens with zero attached hydrogens (tertiary/aromatic N) is 3. The summed E-state index contributed by atoms with van der Waals surface area (Å²) in [5.74, 6) is -0.458. The lowest BCUT2D eigenvalue weighted by Gasteiger charge is -2.11. The van der Waals surface area contributed by atoms with Crippen LogP contribution in [0.2, 0.25) is 0 Å². The molecule has 0 aliphatic carbocycles. The van der Waals surface area contributed by atoms with Crippen molar-refractivity contribution in [1.82, 2.24) is 15.2 Å². The van der Waals surface area contributed by atoms with Gasteiger partial charge in [0.1, 0.15) is 0 Å². The monoisotopic (exact) mass is 410 g/mol. The summed E-state index contributed by atoms with van der Waals surface area (Å²) in [6.07, 6.45) is 0.659. The summed E-state index contributed by atoms with van der Waals surface area (Å²) < 4.78 is 1.33. The van der Waals surface area contributed by atoms with Gasteiger partial charge in [0.2, 0.25) is 0 Å². The third-order valence-corrected chi connectivity index (χ3v) is 4.99. The molecule has 0 unspecified atom stereocenters. The Kier molecular flexibility index (Phi) is 5.98. The highest BCUT2D eigenvalue weighted by molar-refractivity contribution is 6.06. The molecule has 4 aromatic rings. The van der Waals surface area contributed by atoms with Crippen molar-refractivity contribution in [3.63, 3.8) is 0 Å². The van der Waals surface area contributed by atoms with Crippen LogP contribution in [0.3, 0.4) is 0 Å². The minimum Gasteiger partial charge on any atom is -0.267 e. The van der Waals surface area contributed by atoms with Gasteiger partial charge in [-0.05, 0) is 23.6 Å². The third-order valence-electron chi connectivity index (χ3n) is 4.99. The molecule has 31 heavy (non-hydrogen) atoms. The van der Waals surface area contributed by atoms with Crippen molar-refractivity contribution in [3.8, 4) is 0 Å². The van der Waals surface area contributed by atoms with Crippen molar-refractivity contribution >= 4 is 22.4 Å². The molecule has 0 spiro atoms. The molecule has 0 radical (unpaired) electrons. The van der Waals surface area contributed by atoms with Crippen molar-refractivity contribution in [3.05, 3.63) is 112 Å². The average Bonchev–Trinajstić information content (AvgIpc) is 2.82. The van der Waals surface area contributed by atoms with E-state index in [2.05, 4.69) is 15.6 Å². The molecule has 3 aromatic carbocycles. The second-order valence-corrected chi connectivity index (χ2v) is 7.06. The molecule has 0 bridgehead atoms. The number of carbonyl (C=O) groups excluding carboxylic acids is 1. The quantitative estimate of drug-likeness (QED) is 0.386. The van der Waals surface area contributed by atoms with E-state index in [1.165, 1.54) is 4.68 Å². The first kappa shape index (κ1) is 20.2. The number of hydrogen-bond donors (Lipinski definition) is 1. The molecule has 1 aromatic heterocycles. The Morgan fingerprint density at radius 1 is 0.903 bits per heavy atom. The zero-order chi connectivity index (χ0) is 21.6. The topological polar surface area (TPSA) is 76.3 Å². The van der Waals surface area contributed by atoms with Crippen molar-refractivity contribution in [2.24, 2.45) is 5.10 Å². The van der Waals surface area contributed by atoms with Gasteiger partial charge in [0.05, 0.1) is 17.6 Å². The smallest absolute Gasteiger partial charge is 0.267 e. The minimum atomic E-state index is -0.458. The molecule has 154 valence electrons. The van der Waals surface area contributed by atoms with Gasteiger partial charge in [0, 0.05) is 5.39 Å². The Balaban J connectivity index is 1.72. The number of amides is 1. The number of hydrazone groups is 1. The Morgan fingerprint density at radius 2 is 1.52 bits per heavy atom. The molecule has 1 heterocycles. The fraction of sp³-hybridized carbons (Fsp3) is 0.120. The maximum absolute atomic E-state index is 13.0. The number of rotatable bonds is 6. The van der Waals surface area contributed by atoms with E-state index in [9.17, 15) is 9.59 Å². The van der Waals surface area contributed by atoms with Crippen LogP contribution in [0, 0.1) is 0 Å². The Hall–Kier alpha value is -4.06. The van der Waals surface area contributed by atoms with Gasteiger partial charge >= 0.3 is 0 Å². The molecule has 0 saturated carbocycles. The highest BCUT2D eigenvalue weighted by Gasteiger charge is 2.17. The van der Waals surface area contributed by atoms with E-state index < -0.39 is 5.91 Å². The van der Waals surface area contributed by atoms with E-state index >= 15 is 0 Å². The largest absolute Gasteiger partial charge is 0.292 e. The van der Waals surface area contributed by atoms with Crippen LogP contribution >= 0.6 is 0 Å². The summed E-state index contributed by atoms with van der Waals surface area (Å²) in [4.78, 5) is 26.0. The Bertz CT molecular complexity index is 1300. The van der Waals surface area contributed by atoms with Crippen LogP contribution in [0.4, 0.5) is 0 Å². The summed E-state index contributed by atoms with van der Waals surface area (Å²) in [5.41, 5.74) is 5.18. The average molecular weight is 410 g/mol. The van der Waals surface area contributed by atoms with E-state index in [-0.39, 0.29) is 17.8 Å². The van der Waals surface area contributed by atoms with Crippen molar-refractivity contribution < 1.29 is 4.79 Å². The second-order valence-electron chi connectivity index (χ2n) is 7.06. The number of fused-ring (bicyclic) bond motifs is 1. The first-order chi connectivity index (χ1) is 15.2. The van der Waals surface area contributed by atoms with E-state index in [0.717, 1.165) is 16.8 Å². The second kappa shape index (κ2) is 9.17. The number of benzene rings is 3. The summed E-state index contributed by atoms with van der Waals surface area (Å²) in [6.45, 7) is 2.25. The lowest BCUT2D eigenvalue weighted by atomic mass is 10.1. The standard InChI is InChI=1S/C25H22N4O2/c1-2-22(19-13-7-4-8-14-19)26-27-24(30)23-20-15-9-10-16-21(20)25(31)29(28-23)17-18-11-5-3-6-12-18/h3-16H,2,17H2,1H3,(H,27,30). The highest BCUT2D eigenvalue weighted by atomic mass is 16.2. The summed E-state index contributed by atoms with van der Waals surface area (Å²) >= 11 is 0. The van der Waals surface area contributed by atoms with Gasteiger partial charge < -0.3 is 0 Å². The van der Waals surface area contributed by atoms with Crippen molar-refractivity contribution in [1.29, 1.82) is 0 Å². The van der Waals surface area contributed by atoms with Gasteiger partial charge in [0.25, 0.3) is 11.5 Å². The number of hydrogen-bond acceptors (Lipinski definition) is 4. The molecule has 0 aliphatic rings. The molecule has 0 saturated heterocycles. The first-order valence-corrected chi connectivity index (χ1v) is 10.1. The van der Waals surface area contributed by atoms with E-state index in [1.807, 2.05) is 67.6 Å². The normalized spacial score (nSPS) is 11.5. The molecule has 6 heteroatoms. The van der Waals surface area contributed by atoms with Gasteiger partial charge in [-0.15, -0.1) is 0 Å². The maximum Gasteiger partial charge on any atom is 0.292 e. The zero-order valence-electron chi connectivity index (χ0n) is 17.2. The predicted molar refractivity (Wildman–Crippen MR) is 122 cm³/mol. The van der Waals surface area contributed by atoms with Crippen LogP contribution in [0.5, 0.6) is 0 Å². The number of nitrogens with one attached hydrogen (secondary N) is 1. The van der Waals surface area contributed by atoms with Gasteiger partial charge in [-0.1, -0.05) is 85.8 Å². The van der Waals surface area contributed by atoms with Gasteiger partial charge in [-0.3, -0.25) is 9.59 Å². The van der Waals surface area contributed by atoms with E-state index in [0.29, 0.717) is 17.2 Å². The molecule has 4 rings (SSSR count). The van der Waals surface area contributed by atoms with Crippen LogP contribution in [0.25, 0.3) is 10.8 Å². The summed E-state index contributed by atoms with van der Waals surface area (Å²) in [5, 5.41) is 9.66. The maximum atomic E-state index is 13.0. The Labute approximate surface area is 179 Å². The molecule has 6 nitrogen and oxygen atoms in total. The molecular formula is C25H22N4O2. The lowest BCUT2D eigenvalue weighted by Crippen LogP contribution is -2.29.